The molecule has 1 heterocycles. The molecule has 1 aromatic carbocycles. The molecule has 3 rings (SSSR count). The maximum Gasteiger partial charge on any atom is 0.122 e. The van der Waals surface area contributed by atoms with E-state index >= 15 is 0 Å². The lowest BCUT2D eigenvalue weighted by Gasteiger charge is -2.27. The summed E-state index contributed by atoms with van der Waals surface area (Å²) in [5.74, 6) is 1.06. The molecule has 0 amide bonds. The Morgan fingerprint density at radius 2 is 2.16 bits per heavy atom. The topological polar surface area (TPSA) is 47.3 Å². The van der Waals surface area contributed by atoms with Crippen molar-refractivity contribution in [1.29, 1.82) is 0 Å². The Morgan fingerprint density at radius 3 is 2.89 bits per heavy atom. The lowest BCUT2D eigenvalue weighted by molar-refractivity contribution is 0.356. The molecule has 0 bridgehead atoms. The van der Waals surface area contributed by atoms with Gasteiger partial charge in [-0.05, 0) is 30.0 Å². The molecule has 0 radical (unpaired) electrons. The largest absolute Gasteiger partial charge is 0.493 e. The maximum atomic E-state index is 6.11. The Kier molecular flexibility index (Phi) is 3.06. The summed E-state index contributed by atoms with van der Waals surface area (Å²) in [6.07, 6.45) is 3.37. The van der Waals surface area contributed by atoms with Crippen LogP contribution in [0.2, 0.25) is 0 Å². The van der Waals surface area contributed by atoms with Crippen LogP contribution in [-0.2, 0) is 11.8 Å². The molecule has 1 fully saturated rings. The van der Waals surface area contributed by atoms with Crippen LogP contribution in [-0.4, -0.2) is 25.2 Å². The number of ether oxygens (including phenoxy) is 1. The highest BCUT2D eigenvalue weighted by Crippen LogP contribution is 2.33. The third-order valence-corrected chi connectivity index (χ3v) is 4.41. The van der Waals surface area contributed by atoms with Gasteiger partial charge in [0.25, 0.3) is 0 Å². The molecular formula is C16H24N2O. The second-order valence-electron chi connectivity index (χ2n) is 6.77. The average Bonchev–Trinajstić information content (AvgIpc) is 2.92. The van der Waals surface area contributed by atoms with E-state index in [1.165, 1.54) is 11.1 Å². The van der Waals surface area contributed by atoms with E-state index < -0.39 is 0 Å². The molecule has 2 aliphatic rings. The summed E-state index contributed by atoms with van der Waals surface area (Å²) >= 11 is 0. The number of benzene rings is 1. The van der Waals surface area contributed by atoms with Crippen molar-refractivity contribution < 1.29 is 4.74 Å². The lowest BCUT2D eigenvalue weighted by Crippen LogP contribution is -2.41. The quantitative estimate of drug-likeness (QED) is 0.851. The zero-order valence-electron chi connectivity index (χ0n) is 12.0. The molecule has 3 nitrogen and oxygen atoms in total. The number of rotatable bonds is 5. The van der Waals surface area contributed by atoms with Crippen LogP contribution in [0, 0.1) is 0 Å². The number of fused-ring (bicyclic) bond motifs is 1. The Hall–Kier alpha value is -1.06. The zero-order valence-corrected chi connectivity index (χ0v) is 12.0. The smallest absolute Gasteiger partial charge is 0.122 e. The highest BCUT2D eigenvalue weighted by atomic mass is 16.5. The van der Waals surface area contributed by atoms with Crippen LogP contribution < -0.4 is 15.8 Å². The maximum absolute atomic E-state index is 6.11. The van der Waals surface area contributed by atoms with E-state index in [0.717, 1.165) is 44.7 Å². The van der Waals surface area contributed by atoms with Gasteiger partial charge in [0.1, 0.15) is 5.75 Å². The minimum Gasteiger partial charge on any atom is -0.493 e. The van der Waals surface area contributed by atoms with Crippen molar-refractivity contribution in [2.75, 3.05) is 19.7 Å². The standard InChI is InChI=1S/C16H24N2O/c1-15(2,10-18-11-16(17)6-7-16)13-3-4-14-12(9-13)5-8-19-14/h3-4,9,18H,5-8,10-11,17H2,1-2H3. The third-order valence-electron chi connectivity index (χ3n) is 4.41. The van der Waals surface area contributed by atoms with Crippen LogP contribution in [0.25, 0.3) is 0 Å². The van der Waals surface area contributed by atoms with Gasteiger partial charge in [-0.15, -0.1) is 0 Å². The summed E-state index contributed by atoms with van der Waals surface area (Å²) in [6, 6.07) is 6.62. The van der Waals surface area contributed by atoms with Gasteiger partial charge in [-0.25, -0.2) is 0 Å². The van der Waals surface area contributed by atoms with Crippen molar-refractivity contribution in [2.45, 2.75) is 44.1 Å². The summed E-state index contributed by atoms with van der Waals surface area (Å²) < 4.78 is 5.57. The van der Waals surface area contributed by atoms with Crippen molar-refractivity contribution in [3.8, 4) is 5.75 Å². The number of nitrogens with one attached hydrogen (secondary N) is 1. The molecule has 0 saturated heterocycles. The van der Waals surface area contributed by atoms with Crippen molar-refractivity contribution in [3.63, 3.8) is 0 Å². The van der Waals surface area contributed by atoms with Crippen molar-refractivity contribution in [3.05, 3.63) is 29.3 Å². The van der Waals surface area contributed by atoms with Gasteiger partial charge in [0.2, 0.25) is 0 Å². The van der Waals surface area contributed by atoms with Crippen LogP contribution in [0.15, 0.2) is 18.2 Å². The predicted octanol–water partition coefficient (Wildman–Crippen LogP) is 1.98. The van der Waals surface area contributed by atoms with E-state index in [-0.39, 0.29) is 11.0 Å². The molecule has 0 aromatic heterocycles. The summed E-state index contributed by atoms with van der Waals surface area (Å²) in [5.41, 5.74) is 9.05. The van der Waals surface area contributed by atoms with Crippen molar-refractivity contribution in [1.82, 2.24) is 5.32 Å². The Balaban J connectivity index is 1.65. The van der Waals surface area contributed by atoms with E-state index in [1.54, 1.807) is 0 Å². The van der Waals surface area contributed by atoms with E-state index in [0.29, 0.717) is 0 Å². The van der Waals surface area contributed by atoms with E-state index in [4.69, 9.17) is 10.5 Å². The zero-order chi connectivity index (χ0) is 13.5. The molecule has 1 aliphatic heterocycles. The Morgan fingerprint density at radius 1 is 1.37 bits per heavy atom. The second kappa shape index (κ2) is 4.50. The summed E-state index contributed by atoms with van der Waals surface area (Å²) in [6.45, 7) is 7.30. The number of hydrogen-bond acceptors (Lipinski definition) is 3. The van der Waals surface area contributed by atoms with Gasteiger partial charge in [0.05, 0.1) is 6.61 Å². The van der Waals surface area contributed by atoms with E-state index in [2.05, 4.69) is 37.4 Å². The van der Waals surface area contributed by atoms with Crippen LogP contribution in [0.1, 0.15) is 37.8 Å². The normalized spacial score (nSPS) is 19.9. The Labute approximate surface area is 115 Å². The van der Waals surface area contributed by atoms with Gasteiger partial charge in [-0.2, -0.15) is 0 Å². The van der Waals surface area contributed by atoms with Gasteiger partial charge in [-0.3, -0.25) is 0 Å². The summed E-state index contributed by atoms with van der Waals surface area (Å²) in [5, 5.41) is 3.54. The van der Waals surface area contributed by atoms with Gasteiger partial charge in [0, 0.05) is 30.5 Å². The molecule has 19 heavy (non-hydrogen) atoms. The fourth-order valence-electron chi connectivity index (χ4n) is 2.67. The highest BCUT2D eigenvalue weighted by Gasteiger charge is 2.38. The first kappa shape index (κ1) is 12.9. The fourth-order valence-corrected chi connectivity index (χ4v) is 2.67. The fraction of sp³-hybridized carbons (Fsp3) is 0.625. The molecule has 0 atom stereocenters. The number of hydrogen-bond donors (Lipinski definition) is 2. The summed E-state index contributed by atoms with van der Waals surface area (Å²) in [7, 11) is 0. The Bertz CT molecular complexity index is 478. The van der Waals surface area contributed by atoms with E-state index in [9.17, 15) is 0 Å². The van der Waals surface area contributed by atoms with E-state index in [1.807, 2.05) is 0 Å². The average molecular weight is 260 g/mol. The van der Waals surface area contributed by atoms with Crippen LogP contribution >= 0.6 is 0 Å². The molecule has 1 aromatic rings. The molecule has 0 spiro atoms. The molecule has 1 aliphatic carbocycles. The van der Waals surface area contributed by atoms with Crippen LogP contribution in [0.3, 0.4) is 0 Å². The first-order valence-corrected chi connectivity index (χ1v) is 7.24. The summed E-state index contributed by atoms with van der Waals surface area (Å²) in [4.78, 5) is 0. The SMILES string of the molecule is CC(C)(CNCC1(N)CC1)c1ccc2c(c1)CCO2. The van der Waals surface area contributed by atoms with Crippen molar-refractivity contribution in [2.24, 2.45) is 5.73 Å². The third kappa shape index (κ3) is 2.77. The molecule has 0 unspecified atom stereocenters. The van der Waals surface area contributed by atoms with Crippen LogP contribution in [0.5, 0.6) is 5.75 Å². The number of nitrogens with two attached hydrogens (primary N) is 1. The van der Waals surface area contributed by atoms with Gasteiger partial charge in [0.15, 0.2) is 0 Å². The van der Waals surface area contributed by atoms with Gasteiger partial charge < -0.3 is 15.8 Å². The minimum atomic E-state index is 0.0852. The monoisotopic (exact) mass is 260 g/mol. The minimum absolute atomic E-state index is 0.0852. The van der Waals surface area contributed by atoms with Crippen LogP contribution in [0.4, 0.5) is 0 Å². The molecule has 3 N–H and O–H groups in total. The molecule has 3 heteroatoms. The first-order chi connectivity index (χ1) is 8.99. The highest BCUT2D eigenvalue weighted by molar-refractivity contribution is 5.42. The first-order valence-electron chi connectivity index (χ1n) is 7.24. The van der Waals surface area contributed by atoms with Gasteiger partial charge in [-0.1, -0.05) is 26.0 Å². The predicted molar refractivity (Wildman–Crippen MR) is 77.7 cm³/mol. The van der Waals surface area contributed by atoms with Crippen molar-refractivity contribution >= 4 is 0 Å². The second-order valence-corrected chi connectivity index (χ2v) is 6.77. The molecular weight excluding hydrogens is 236 g/mol. The molecule has 1 saturated carbocycles. The molecule has 104 valence electrons. The lowest BCUT2D eigenvalue weighted by atomic mass is 9.83. The van der Waals surface area contributed by atoms with Gasteiger partial charge >= 0.3 is 0 Å².